The quantitative estimate of drug-likeness (QED) is 0.0963. The first-order chi connectivity index (χ1) is 11.3. The number of hydrogen-bond donors (Lipinski definition) is 0. The summed E-state index contributed by atoms with van der Waals surface area (Å²) < 4.78 is -0.0133. The third kappa shape index (κ3) is 31.6. The average Bonchev–Trinajstić information content (AvgIpc) is 2.49. The van der Waals surface area contributed by atoms with Crippen LogP contribution in [0.25, 0.3) is 0 Å². The fourth-order valence-corrected chi connectivity index (χ4v) is 6.09. The van der Waals surface area contributed by atoms with Gasteiger partial charge >= 0.3 is 6.00 Å². The van der Waals surface area contributed by atoms with Gasteiger partial charge in [-0.3, -0.25) is 0 Å². The molecule has 0 aromatic rings. The van der Waals surface area contributed by atoms with Crippen molar-refractivity contribution in [1.82, 2.24) is 0 Å². The van der Waals surface area contributed by atoms with E-state index in [9.17, 15) is 0 Å². The Balaban J connectivity index is 0. The number of hydrogen-bond acceptors (Lipinski definition) is 0. The monoisotopic (exact) mass is 472 g/mol. The van der Waals surface area contributed by atoms with E-state index in [0.29, 0.717) is 0 Å². The summed E-state index contributed by atoms with van der Waals surface area (Å²) in [5.74, 6) is 0. The molecule has 0 aliphatic rings. The van der Waals surface area contributed by atoms with Crippen molar-refractivity contribution in [3.63, 3.8) is 0 Å². The van der Waals surface area contributed by atoms with Crippen LogP contribution in [0.4, 0.5) is 0 Å². The zero-order chi connectivity index (χ0) is 18.7. The molecule has 0 bridgehead atoms. The molecule has 0 aliphatic heterocycles. The van der Waals surface area contributed by atoms with Gasteiger partial charge < -0.3 is 0 Å². The lowest BCUT2D eigenvalue weighted by Crippen LogP contribution is -2.07. The molecule has 0 aromatic carbocycles. The molecule has 0 aliphatic carbocycles. The van der Waals surface area contributed by atoms with Crippen LogP contribution in [-0.4, -0.2) is 20.0 Å². The van der Waals surface area contributed by atoms with Gasteiger partial charge in [-0.15, -0.1) is 56.4 Å². The van der Waals surface area contributed by atoms with Gasteiger partial charge in [0.25, 0.3) is 0 Å². The fourth-order valence-electron chi connectivity index (χ4n) is 2.36. The Bertz CT molecular complexity index is 236. The van der Waals surface area contributed by atoms with Crippen LogP contribution in [0.5, 0.6) is 0 Å². The second-order valence-corrected chi connectivity index (χ2v) is 20.1. The third-order valence-electron chi connectivity index (χ3n) is 3.84. The van der Waals surface area contributed by atoms with E-state index in [1.807, 2.05) is 0 Å². The topological polar surface area (TPSA) is 0 Å². The molecule has 0 nitrogen and oxygen atoms in total. The van der Waals surface area contributed by atoms with E-state index in [2.05, 4.69) is 13.8 Å². The summed E-state index contributed by atoms with van der Waals surface area (Å²) in [4.78, 5) is 0. The molecule has 0 heterocycles. The van der Waals surface area contributed by atoms with Gasteiger partial charge in [0.2, 0.25) is 0 Å². The minimum atomic E-state index is -2.31. The standard InChI is InChI=1S/C9H20Cl2Si.C8H17Cl3Si/c1-2-3-4-5-6-7-8-12-9(10)11;1-2-3-4-5-6-7-8-12(9,10)11/h9H,2-8,12H2,1H3;2-8H2,1H3. The Hall–Kier alpha value is 1.88. The molecule has 0 spiro atoms. The van der Waals surface area contributed by atoms with Crippen LogP contribution in [0.2, 0.25) is 12.1 Å². The molecule has 0 atom stereocenters. The maximum Gasteiger partial charge on any atom is 0.341 e. The predicted octanol–water partition coefficient (Wildman–Crippen LogP) is 8.70. The van der Waals surface area contributed by atoms with Crippen LogP contribution in [0.3, 0.4) is 0 Å². The first-order valence-electron chi connectivity index (χ1n) is 9.68. The van der Waals surface area contributed by atoms with Gasteiger partial charge in [-0.2, -0.15) is 0 Å². The normalized spacial score (nSPS) is 12.0. The smallest absolute Gasteiger partial charge is 0.126 e. The number of rotatable bonds is 15. The number of halogens is 5. The summed E-state index contributed by atoms with van der Waals surface area (Å²) in [5, 5.41) is 0. The molecule has 0 unspecified atom stereocenters. The van der Waals surface area contributed by atoms with E-state index in [-0.39, 0.29) is 14.0 Å². The lowest BCUT2D eigenvalue weighted by atomic mass is 10.1. The molecule has 0 fully saturated rings. The van der Waals surface area contributed by atoms with Crippen molar-refractivity contribution in [2.45, 2.75) is 107 Å². The van der Waals surface area contributed by atoms with E-state index in [1.54, 1.807) is 0 Å². The first kappa shape index (κ1) is 28.1. The molecule has 0 N–H and O–H groups in total. The van der Waals surface area contributed by atoms with Gasteiger partial charge in [-0.05, 0) is 6.04 Å². The van der Waals surface area contributed by atoms with Gasteiger partial charge in [0.1, 0.15) is 0 Å². The Labute approximate surface area is 178 Å². The van der Waals surface area contributed by atoms with Crippen molar-refractivity contribution in [3.8, 4) is 0 Å². The fraction of sp³-hybridized carbons (Fsp3) is 1.00. The Morgan fingerprint density at radius 2 is 1.08 bits per heavy atom. The van der Waals surface area contributed by atoms with Crippen molar-refractivity contribution >= 4 is 72.0 Å². The highest BCUT2D eigenvalue weighted by molar-refractivity contribution is 7.64. The lowest BCUT2D eigenvalue weighted by molar-refractivity contribution is 0.624. The molecule has 0 amide bonds. The molecule has 0 aromatic heterocycles. The highest BCUT2D eigenvalue weighted by atomic mass is 35.8. The van der Waals surface area contributed by atoms with Gasteiger partial charge in [0.15, 0.2) is 0 Å². The number of alkyl halides is 2. The minimum absolute atomic E-state index is 0.0133. The zero-order valence-corrected chi connectivity index (χ0v) is 21.8. The molecule has 24 heavy (non-hydrogen) atoms. The SMILES string of the molecule is CCCCCCCC[SiH2]C(Cl)Cl.CCCCCCCC[Si](Cl)(Cl)Cl. The minimum Gasteiger partial charge on any atom is -0.126 e. The summed E-state index contributed by atoms with van der Waals surface area (Å²) in [6.45, 7) is 4.47. The summed E-state index contributed by atoms with van der Waals surface area (Å²) in [6.07, 6.45) is 15.8. The van der Waals surface area contributed by atoms with Crippen LogP contribution in [0.1, 0.15) is 90.9 Å². The molecule has 148 valence electrons. The average molecular weight is 475 g/mol. The number of unbranched alkanes of at least 4 members (excludes halogenated alkanes) is 10. The lowest BCUT2D eigenvalue weighted by Gasteiger charge is -2.06. The third-order valence-corrected chi connectivity index (χ3v) is 9.12. The maximum absolute atomic E-state index is 5.74. The predicted molar refractivity (Wildman–Crippen MR) is 124 cm³/mol. The Morgan fingerprint density at radius 1 is 0.667 bits per heavy atom. The largest absolute Gasteiger partial charge is 0.341 e. The Morgan fingerprint density at radius 3 is 1.50 bits per heavy atom. The summed E-state index contributed by atoms with van der Waals surface area (Å²) in [7, 11) is -0.163. The van der Waals surface area contributed by atoms with Crippen LogP contribution >= 0.6 is 56.4 Å². The van der Waals surface area contributed by atoms with Crippen molar-refractivity contribution in [2.24, 2.45) is 0 Å². The molecular weight excluding hydrogens is 438 g/mol. The highest BCUT2D eigenvalue weighted by Crippen LogP contribution is 2.27. The second-order valence-electron chi connectivity index (χ2n) is 6.43. The van der Waals surface area contributed by atoms with Crippen molar-refractivity contribution in [2.75, 3.05) is 0 Å². The van der Waals surface area contributed by atoms with Crippen molar-refractivity contribution in [3.05, 3.63) is 0 Å². The van der Waals surface area contributed by atoms with Crippen LogP contribution in [0.15, 0.2) is 0 Å². The highest BCUT2D eigenvalue weighted by Gasteiger charge is 2.23. The molecule has 0 saturated carbocycles. The molecule has 0 radical (unpaired) electrons. The maximum atomic E-state index is 5.74. The summed E-state index contributed by atoms with van der Waals surface area (Å²) >= 11 is 28.6. The van der Waals surface area contributed by atoms with E-state index in [0.717, 1.165) is 12.5 Å². The van der Waals surface area contributed by atoms with Crippen LogP contribution in [-0.2, 0) is 0 Å². The summed E-state index contributed by atoms with van der Waals surface area (Å²) in [5.41, 5.74) is 0. The van der Waals surface area contributed by atoms with E-state index < -0.39 is 6.00 Å². The van der Waals surface area contributed by atoms with Gasteiger partial charge in [-0.25, -0.2) is 0 Å². The second kappa shape index (κ2) is 21.2. The van der Waals surface area contributed by atoms with E-state index >= 15 is 0 Å². The van der Waals surface area contributed by atoms with Gasteiger partial charge in [-0.1, -0.05) is 96.9 Å². The van der Waals surface area contributed by atoms with E-state index in [1.165, 1.54) is 76.7 Å². The van der Waals surface area contributed by atoms with Crippen LogP contribution in [0, 0.1) is 0 Å². The summed E-state index contributed by atoms with van der Waals surface area (Å²) in [6, 6.07) is -0.163. The van der Waals surface area contributed by atoms with Crippen molar-refractivity contribution in [1.29, 1.82) is 0 Å². The molecule has 0 rings (SSSR count). The molecule has 7 heteroatoms. The molecule has 0 saturated heterocycles. The first-order valence-corrected chi connectivity index (χ1v) is 17.6. The van der Waals surface area contributed by atoms with Gasteiger partial charge in [0, 0.05) is 0 Å². The van der Waals surface area contributed by atoms with Gasteiger partial charge in [0.05, 0.1) is 14.0 Å². The van der Waals surface area contributed by atoms with Crippen molar-refractivity contribution < 1.29 is 0 Å². The zero-order valence-electron chi connectivity index (χ0n) is 15.6. The Kier molecular flexibility index (Phi) is 24.8. The van der Waals surface area contributed by atoms with E-state index in [4.69, 9.17) is 56.4 Å². The van der Waals surface area contributed by atoms with Crippen LogP contribution < -0.4 is 0 Å². The molecular formula is C17H37Cl5Si2.